The summed E-state index contributed by atoms with van der Waals surface area (Å²) in [6.07, 6.45) is 1.12. The van der Waals surface area contributed by atoms with Crippen LogP contribution in [0.5, 0.6) is 0 Å². The smallest absolute Gasteiger partial charge is 0.0292 e. The maximum absolute atomic E-state index is 6.13. The van der Waals surface area contributed by atoms with Gasteiger partial charge in [-0.25, -0.2) is 0 Å². The van der Waals surface area contributed by atoms with Crippen molar-refractivity contribution < 1.29 is 0 Å². The molecule has 0 amide bonds. The number of alkyl halides is 1. The highest BCUT2D eigenvalue weighted by atomic mass is 35.5. The van der Waals surface area contributed by atoms with Gasteiger partial charge < -0.3 is 0 Å². The normalized spacial score (nSPS) is 12.3. The van der Waals surface area contributed by atoms with Gasteiger partial charge in [-0.05, 0) is 42.7 Å². The predicted molar refractivity (Wildman–Crippen MR) is 86.4 cm³/mol. The summed E-state index contributed by atoms with van der Waals surface area (Å²) in [6.45, 7) is 2.13. The van der Waals surface area contributed by atoms with Gasteiger partial charge in [0.15, 0.2) is 0 Å². The Bertz CT molecular complexity index is 496. The SMILES string of the molecule is Cc1cccc(C(CCl)CCSc2ccccc2)c1. The predicted octanol–water partition coefficient (Wildman–Crippen LogP) is 5.50. The molecule has 2 aromatic carbocycles. The standard InChI is InChI=1S/C17H19ClS/c1-14-6-5-7-15(12-14)16(13-18)10-11-19-17-8-3-2-4-9-17/h2-9,12,16H,10-11,13H2,1H3. The summed E-state index contributed by atoms with van der Waals surface area (Å²) >= 11 is 8.03. The van der Waals surface area contributed by atoms with Crippen LogP contribution in [0.15, 0.2) is 59.5 Å². The summed E-state index contributed by atoms with van der Waals surface area (Å²) in [7, 11) is 0. The second kappa shape index (κ2) is 7.62. The van der Waals surface area contributed by atoms with Crippen LogP contribution in [0.1, 0.15) is 23.5 Å². The molecule has 2 aromatic rings. The number of aryl methyl sites for hydroxylation is 1. The molecule has 0 N–H and O–H groups in total. The average molecular weight is 291 g/mol. The van der Waals surface area contributed by atoms with Crippen LogP contribution in [0.25, 0.3) is 0 Å². The van der Waals surface area contributed by atoms with Crippen molar-refractivity contribution in [3.63, 3.8) is 0 Å². The van der Waals surface area contributed by atoms with E-state index in [1.807, 2.05) is 11.8 Å². The van der Waals surface area contributed by atoms with Crippen molar-refractivity contribution in [1.82, 2.24) is 0 Å². The maximum Gasteiger partial charge on any atom is 0.0292 e. The van der Waals surface area contributed by atoms with Gasteiger partial charge in [-0.2, -0.15) is 0 Å². The molecule has 2 heteroatoms. The molecule has 0 radical (unpaired) electrons. The minimum Gasteiger partial charge on any atom is -0.126 e. The average Bonchev–Trinajstić information content (AvgIpc) is 2.45. The zero-order chi connectivity index (χ0) is 13.5. The van der Waals surface area contributed by atoms with E-state index in [1.165, 1.54) is 16.0 Å². The van der Waals surface area contributed by atoms with Crippen molar-refractivity contribution in [1.29, 1.82) is 0 Å². The summed E-state index contributed by atoms with van der Waals surface area (Å²) in [6, 6.07) is 19.2. The van der Waals surface area contributed by atoms with Crippen LogP contribution in [0.3, 0.4) is 0 Å². The molecular weight excluding hydrogens is 272 g/mol. The van der Waals surface area contributed by atoms with Crippen LogP contribution in [-0.2, 0) is 0 Å². The molecule has 1 unspecified atom stereocenters. The summed E-state index contributed by atoms with van der Waals surface area (Å²) in [5, 5.41) is 0. The van der Waals surface area contributed by atoms with E-state index in [0.717, 1.165) is 12.2 Å². The van der Waals surface area contributed by atoms with E-state index in [4.69, 9.17) is 11.6 Å². The molecule has 0 heterocycles. The van der Waals surface area contributed by atoms with E-state index in [2.05, 4.69) is 61.5 Å². The first-order valence-electron chi connectivity index (χ1n) is 6.60. The Hall–Kier alpha value is -0.920. The molecule has 0 aliphatic carbocycles. The first-order chi connectivity index (χ1) is 9.29. The Morgan fingerprint density at radius 1 is 1.05 bits per heavy atom. The number of benzene rings is 2. The number of halogens is 1. The molecule has 1 atom stereocenters. The van der Waals surface area contributed by atoms with Crippen molar-refractivity contribution >= 4 is 23.4 Å². The molecule has 0 aliphatic rings. The van der Waals surface area contributed by atoms with E-state index in [-0.39, 0.29) is 0 Å². The Labute approximate surface area is 125 Å². The lowest BCUT2D eigenvalue weighted by Gasteiger charge is -2.14. The number of hydrogen-bond donors (Lipinski definition) is 0. The van der Waals surface area contributed by atoms with Crippen LogP contribution < -0.4 is 0 Å². The van der Waals surface area contributed by atoms with Gasteiger partial charge in [-0.15, -0.1) is 23.4 Å². The van der Waals surface area contributed by atoms with E-state index in [1.54, 1.807) is 0 Å². The zero-order valence-corrected chi connectivity index (χ0v) is 12.8. The van der Waals surface area contributed by atoms with Gasteiger partial charge in [0.1, 0.15) is 0 Å². The molecule has 100 valence electrons. The maximum atomic E-state index is 6.13. The Morgan fingerprint density at radius 3 is 2.53 bits per heavy atom. The van der Waals surface area contributed by atoms with Crippen LogP contribution in [0, 0.1) is 6.92 Å². The third-order valence-electron chi connectivity index (χ3n) is 3.18. The fourth-order valence-electron chi connectivity index (χ4n) is 2.09. The molecule has 0 fully saturated rings. The fraction of sp³-hybridized carbons (Fsp3) is 0.294. The van der Waals surface area contributed by atoms with E-state index >= 15 is 0 Å². The lowest BCUT2D eigenvalue weighted by Crippen LogP contribution is -2.02. The second-order valence-corrected chi connectivity index (χ2v) is 6.19. The van der Waals surface area contributed by atoms with Gasteiger partial charge >= 0.3 is 0 Å². The third-order valence-corrected chi connectivity index (χ3v) is 4.60. The Morgan fingerprint density at radius 2 is 1.84 bits per heavy atom. The van der Waals surface area contributed by atoms with Gasteiger partial charge in [-0.1, -0.05) is 48.0 Å². The molecule has 0 spiro atoms. The van der Waals surface area contributed by atoms with Crippen molar-refractivity contribution in [2.45, 2.75) is 24.2 Å². The molecule has 19 heavy (non-hydrogen) atoms. The van der Waals surface area contributed by atoms with Gasteiger partial charge in [0, 0.05) is 10.8 Å². The summed E-state index contributed by atoms with van der Waals surface area (Å²) in [5.74, 6) is 2.26. The van der Waals surface area contributed by atoms with Crippen LogP contribution in [0.2, 0.25) is 0 Å². The lowest BCUT2D eigenvalue weighted by atomic mass is 9.97. The van der Waals surface area contributed by atoms with Crippen molar-refractivity contribution in [3.8, 4) is 0 Å². The lowest BCUT2D eigenvalue weighted by molar-refractivity contribution is 0.747. The van der Waals surface area contributed by atoms with E-state index in [0.29, 0.717) is 11.8 Å². The Kier molecular flexibility index (Phi) is 5.81. The third kappa shape index (κ3) is 4.59. The highest BCUT2D eigenvalue weighted by molar-refractivity contribution is 7.99. The number of thioether (sulfide) groups is 1. The van der Waals surface area contributed by atoms with Crippen molar-refractivity contribution in [3.05, 3.63) is 65.7 Å². The highest BCUT2D eigenvalue weighted by Crippen LogP contribution is 2.26. The molecule has 0 saturated carbocycles. The van der Waals surface area contributed by atoms with E-state index < -0.39 is 0 Å². The number of hydrogen-bond acceptors (Lipinski definition) is 1. The molecule has 0 bridgehead atoms. The summed E-state index contributed by atoms with van der Waals surface area (Å²) in [4.78, 5) is 1.33. The monoisotopic (exact) mass is 290 g/mol. The first-order valence-corrected chi connectivity index (χ1v) is 8.12. The van der Waals surface area contributed by atoms with Gasteiger partial charge in [0.25, 0.3) is 0 Å². The van der Waals surface area contributed by atoms with Gasteiger partial charge in [0.05, 0.1) is 0 Å². The van der Waals surface area contributed by atoms with Crippen molar-refractivity contribution in [2.24, 2.45) is 0 Å². The molecule has 0 nitrogen and oxygen atoms in total. The van der Waals surface area contributed by atoms with Crippen LogP contribution in [0.4, 0.5) is 0 Å². The van der Waals surface area contributed by atoms with Gasteiger partial charge in [-0.3, -0.25) is 0 Å². The van der Waals surface area contributed by atoms with Crippen LogP contribution >= 0.6 is 23.4 Å². The van der Waals surface area contributed by atoms with Crippen molar-refractivity contribution in [2.75, 3.05) is 11.6 Å². The number of rotatable bonds is 6. The largest absolute Gasteiger partial charge is 0.126 e. The van der Waals surface area contributed by atoms with Crippen LogP contribution in [-0.4, -0.2) is 11.6 Å². The summed E-state index contributed by atoms with van der Waals surface area (Å²) < 4.78 is 0. The quantitative estimate of drug-likeness (QED) is 0.500. The highest BCUT2D eigenvalue weighted by Gasteiger charge is 2.10. The molecule has 0 aromatic heterocycles. The molecular formula is C17H19ClS. The minimum absolute atomic E-state index is 0.456. The zero-order valence-electron chi connectivity index (χ0n) is 11.2. The molecule has 2 rings (SSSR count). The molecule has 0 aliphatic heterocycles. The topological polar surface area (TPSA) is 0 Å². The molecule has 0 saturated heterocycles. The second-order valence-electron chi connectivity index (χ2n) is 4.72. The fourth-order valence-corrected chi connectivity index (χ4v) is 3.41. The van der Waals surface area contributed by atoms with Gasteiger partial charge in [0.2, 0.25) is 0 Å². The van der Waals surface area contributed by atoms with E-state index in [9.17, 15) is 0 Å². The minimum atomic E-state index is 0.456. The Balaban J connectivity index is 1.89. The summed E-state index contributed by atoms with van der Waals surface area (Å²) in [5.41, 5.74) is 2.67. The first kappa shape index (κ1) is 14.5.